The number of carbonyl (C=O) groups is 2. The molecule has 2 atom stereocenters. The number of likely N-dealkylation sites (tertiary alicyclic amines) is 1. The maximum Gasteiger partial charge on any atom is 0.279 e. The molecule has 2 N–H and O–H groups in total. The number of amides is 2. The molecule has 0 aromatic heterocycles. The van der Waals surface area contributed by atoms with Gasteiger partial charge in [0.05, 0.1) is 19.0 Å². The third kappa shape index (κ3) is 7.23. The molecule has 0 aliphatic carbocycles. The van der Waals surface area contributed by atoms with Crippen LogP contribution in [-0.2, 0) is 48.8 Å². The first kappa shape index (κ1) is 26.7. The van der Waals surface area contributed by atoms with Crippen LogP contribution in [0.1, 0.15) is 43.4 Å². The Labute approximate surface area is 217 Å². The molecule has 6 heteroatoms. The maximum absolute atomic E-state index is 13.2. The van der Waals surface area contributed by atoms with Crippen LogP contribution in [0.5, 0.6) is 0 Å². The predicted octanol–water partition coefficient (Wildman–Crippen LogP) is 4.19. The second kappa shape index (κ2) is 12.1. The molecule has 1 aliphatic heterocycles. The molecule has 3 rings (SSSR count). The van der Waals surface area contributed by atoms with E-state index in [2.05, 4.69) is 22.8 Å². The summed E-state index contributed by atoms with van der Waals surface area (Å²) in [6, 6.07) is 16.5. The van der Waals surface area contributed by atoms with Crippen molar-refractivity contribution < 1.29 is 46.8 Å². The number of rotatable bonds is 7. The average molecular weight is 511 g/mol. The second-order valence-electron chi connectivity index (χ2n) is 9.37. The molecule has 2 aromatic rings. The van der Waals surface area contributed by atoms with Crippen LogP contribution in [0.15, 0.2) is 48.5 Å². The van der Waals surface area contributed by atoms with Crippen molar-refractivity contribution in [2.24, 2.45) is 5.92 Å². The van der Waals surface area contributed by atoms with Crippen LogP contribution in [0.4, 0.5) is 5.69 Å². The first-order valence-corrected chi connectivity index (χ1v) is 11.3. The molecule has 2 aromatic carbocycles. The number of carbonyl (C=O) groups excluding carboxylic acids is 2. The zero-order valence-electron chi connectivity index (χ0n) is 19.9. The first-order chi connectivity index (χ1) is 14.8. The van der Waals surface area contributed by atoms with Crippen molar-refractivity contribution in [2.75, 3.05) is 25.0 Å². The minimum atomic E-state index is -0.0622. The summed E-state index contributed by atoms with van der Waals surface area (Å²) in [5, 5.41) is 6.23. The van der Waals surface area contributed by atoms with Crippen LogP contribution < -0.4 is 10.6 Å². The van der Waals surface area contributed by atoms with E-state index in [4.69, 9.17) is 0 Å². The number of nitrogens with one attached hydrogen (secondary N) is 2. The van der Waals surface area contributed by atoms with Gasteiger partial charge in [-0.05, 0) is 51.7 Å². The predicted molar refractivity (Wildman–Crippen MR) is 126 cm³/mol. The van der Waals surface area contributed by atoms with Crippen molar-refractivity contribution in [3.05, 3.63) is 65.2 Å². The number of hydrogen-bond acceptors (Lipinski definition) is 2. The van der Waals surface area contributed by atoms with E-state index in [1.54, 1.807) is 0 Å². The summed E-state index contributed by atoms with van der Waals surface area (Å²) in [4.78, 5) is 26.0. The summed E-state index contributed by atoms with van der Waals surface area (Å²) < 4.78 is 0.608. The Morgan fingerprint density at radius 1 is 1.03 bits per heavy atom. The van der Waals surface area contributed by atoms with Crippen molar-refractivity contribution in [1.29, 1.82) is 0 Å². The molecule has 5 nitrogen and oxygen atoms in total. The van der Waals surface area contributed by atoms with Gasteiger partial charge in [0.15, 0.2) is 6.54 Å². The summed E-state index contributed by atoms with van der Waals surface area (Å²) in [7, 11) is 0. The zero-order valence-corrected chi connectivity index (χ0v) is 22.7. The summed E-state index contributed by atoms with van der Waals surface area (Å²) in [5.41, 5.74) is 4.23. The fourth-order valence-corrected chi connectivity index (χ4v) is 4.75. The Hall–Kier alpha value is -1.56. The molecule has 169 valence electrons. The van der Waals surface area contributed by atoms with Crippen molar-refractivity contribution in [3.63, 3.8) is 0 Å². The molecule has 2 amide bonds. The molecule has 1 aliphatic rings. The van der Waals surface area contributed by atoms with E-state index in [1.165, 1.54) is 5.56 Å². The van der Waals surface area contributed by atoms with E-state index in [-0.39, 0.29) is 56.5 Å². The molecule has 32 heavy (non-hydrogen) atoms. The quantitative estimate of drug-likeness (QED) is 0.548. The number of benzene rings is 2. The van der Waals surface area contributed by atoms with Crippen LogP contribution in [0.25, 0.3) is 0 Å². The van der Waals surface area contributed by atoms with E-state index in [1.807, 2.05) is 64.1 Å². The molecule has 1 saturated heterocycles. The number of quaternary nitrogens is 1. The Morgan fingerprint density at radius 3 is 2.31 bits per heavy atom. The van der Waals surface area contributed by atoms with Gasteiger partial charge < -0.3 is 15.1 Å². The van der Waals surface area contributed by atoms with Crippen molar-refractivity contribution in [3.8, 4) is 0 Å². The fourth-order valence-electron chi connectivity index (χ4n) is 4.75. The van der Waals surface area contributed by atoms with Gasteiger partial charge in [-0.3, -0.25) is 9.59 Å². The Balaban J connectivity index is 0.00000363. The Bertz CT molecular complexity index is 896. The van der Waals surface area contributed by atoms with Gasteiger partial charge in [0.25, 0.3) is 5.91 Å². The van der Waals surface area contributed by atoms with Crippen molar-refractivity contribution in [2.45, 2.75) is 53.1 Å². The largest absolute Gasteiger partial charge is 0.353 e. The molecule has 1 radical (unpaired) electrons. The normalized spacial score (nSPS) is 20.3. The van der Waals surface area contributed by atoms with E-state index in [9.17, 15) is 9.59 Å². The molecular formula is C26H36N3O2Y+. The molecule has 0 bridgehead atoms. The van der Waals surface area contributed by atoms with Gasteiger partial charge in [-0.1, -0.05) is 48.5 Å². The number of hydrogen-bond donors (Lipinski definition) is 2. The summed E-state index contributed by atoms with van der Waals surface area (Å²) in [5.74, 6) is 0.0616. The Morgan fingerprint density at radius 2 is 1.69 bits per heavy atom. The van der Waals surface area contributed by atoms with Crippen molar-refractivity contribution in [1.82, 2.24) is 5.32 Å². The molecular weight excluding hydrogens is 475 g/mol. The van der Waals surface area contributed by atoms with Crippen LogP contribution in [0, 0.1) is 19.8 Å². The third-order valence-electron chi connectivity index (χ3n) is 6.18. The molecule has 0 spiro atoms. The molecule has 2 unspecified atom stereocenters. The first-order valence-electron chi connectivity index (χ1n) is 11.3. The Kier molecular flexibility index (Phi) is 10.1. The van der Waals surface area contributed by atoms with Gasteiger partial charge in [0, 0.05) is 50.0 Å². The summed E-state index contributed by atoms with van der Waals surface area (Å²) in [6.07, 6.45) is 1.82. The number of nitrogens with zero attached hydrogens (tertiary/aromatic N) is 1. The minimum absolute atomic E-state index is 0. The maximum atomic E-state index is 13.2. The van der Waals surface area contributed by atoms with E-state index in [0.29, 0.717) is 17.6 Å². The van der Waals surface area contributed by atoms with Gasteiger partial charge in [-0.25, -0.2) is 0 Å². The fraction of sp³-hybridized carbons (Fsp3) is 0.462. The number of anilines is 1. The third-order valence-corrected chi connectivity index (χ3v) is 6.18. The van der Waals surface area contributed by atoms with Crippen LogP contribution >= 0.6 is 0 Å². The van der Waals surface area contributed by atoms with Crippen LogP contribution in [0.3, 0.4) is 0 Å². The molecule has 1 heterocycles. The minimum Gasteiger partial charge on any atom is -0.353 e. The number of piperidine rings is 1. The van der Waals surface area contributed by atoms with Gasteiger partial charge in [-0.2, -0.15) is 0 Å². The second-order valence-corrected chi connectivity index (χ2v) is 9.37. The van der Waals surface area contributed by atoms with Gasteiger partial charge in [-0.15, -0.1) is 0 Å². The van der Waals surface area contributed by atoms with Gasteiger partial charge in [0.1, 0.15) is 6.54 Å². The zero-order chi connectivity index (χ0) is 22.4. The van der Waals surface area contributed by atoms with Crippen LogP contribution in [-0.4, -0.2) is 42.0 Å². The van der Waals surface area contributed by atoms with E-state index >= 15 is 0 Å². The number of para-hydroxylation sites is 1. The van der Waals surface area contributed by atoms with Crippen molar-refractivity contribution >= 4 is 17.5 Å². The SMILES string of the molecule is Cc1cccc(C)c1NC(=O)C[N+]1(Cc2ccccc2)CCCC(C(=O)NC(C)C)C1.[Y]. The van der Waals surface area contributed by atoms with Crippen LogP contribution in [0.2, 0.25) is 0 Å². The van der Waals surface area contributed by atoms with Gasteiger partial charge >= 0.3 is 0 Å². The van der Waals surface area contributed by atoms with Gasteiger partial charge in [0.2, 0.25) is 5.91 Å². The molecule has 1 fully saturated rings. The molecule has 0 saturated carbocycles. The monoisotopic (exact) mass is 511 g/mol. The number of aryl methyl sites for hydroxylation is 2. The smallest absolute Gasteiger partial charge is 0.279 e. The van der Waals surface area contributed by atoms with E-state index in [0.717, 1.165) is 42.7 Å². The summed E-state index contributed by atoms with van der Waals surface area (Å²) >= 11 is 0. The topological polar surface area (TPSA) is 58.2 Å². The average Bonchev–Trinajstić information content (AvgIpc) is 2.71. The standard InChI is InChI=1S/C26H35N3O2.Y/c1-19(2)27-26(31)23-14-9-15-29(17-23,16-22-12-6-5-7-13-22)18-24(30)28-25-20(3)10-8-11-21(25)4;/h5-8,10-13,19,23H,9,14-18H2,1-4H3,(H-,27,28,30,31);/p+1. The van der Waals surface area contributed by atoms with E-state index < -0.39 is 0 Å². The summed E-state index contributed by atoms with van der Waals surface area (Å²) in [6.45, 7) is 10.7.